The number of carbonyl (C=O) groups excluding carboxylic acids is 1. The SMILES string of the molecule is CCc1ccccc1NC(=O)Cc1ccc(C(F)(F)F)cc1. The number of rotatable bonds is 4. The zero-order valence-electron chi connectivity index (χ0n) is 12.1. The van der Waals surface area contributed by atoms with Crippen LogP contribution in [-0.2, 0) is 23.8 Å². The highest BCUT2D eigenvalue weighted by molar-refractivity contribution is 5.93. The van der Waals surface area contributed by atoms with E-state index in [1.54, 1.807) is 0 Å². The molecule has 2 rings (SSSR count). The predicted octanol–water partition coefficient (Wildman–Crippen LogP) is 4.45. The van der Waals surface area contributed by atoms with Crippen LogP contribution in [0.3, 0.4) is 0 Å². The van der Waals surface area contributed by atoms with Crippen LogP contribution in [0.1, 0.15) is 23.6 Å². The Morgan fingerprint density at radius 2 is 1.68 bits per heavy atom. The molecule has 1 amide bonds. The summed E-state index contributed by atoms with van der Waals surface area (Å²) in [6, 6.07) is 12.1. The van der Waals surface area contributed by atoms with Gasteiger partial charge >= 0.3 is 6.18 Å². The maximum atomic E-state index is 12.5. The summed E-state index contributed by atoms with van der Waals surface area (Å²) in [6.45, 7) is 1.99. The van der Waals surface area contributed by atoms with Gasteiger partial charge in [-0.25, -0.2) is 0 Å². The van der Waals surface area contributed by atoms with Crippen molar-refractivity contribution in [2.45, 2.75) is 25.9 Å². The summed E-state index contributed by atoms with van der Waals surface area (Å²) < 4.78 is 37.4. The van der Waals surface area contributed by atoms with Gasteiger partial charge in [-0.15, -0.1) is 0 Å². The molecule has 22 heavy (non-hydrogen) atoms. The monoisotopic (exact) mass is 307 g/mol. The van der Waals surface area contributed by atoms with Crippen molar-refractivity contribution in [1.82, 2.24) is 0 Å². The molecule has 0 saturated carbocycles. The van der Waals surface area contributed by atoms with Crippen molar-refractivity contribution < 1.29 is 18.0 Å². The summed E-state index contributed by atoms with van der Waals surface area (Å²) in [5, 5.41) is 2.79. The molecule has 0 aliphatic heterocycles. The highest BCUT2D eigenvalue weighted by atomic mass is 19.4. The van der Waals surface area contributed by atoms with Gasteiger partial charge < -0.3 is 5.32 Å². The third kappa shape index (κ3) is 4.10. The number of amides is 1. The summed E-state index contributed by atoms with van der Waals surface area (Å²) in [6.07, 6.45) is -3.53. The lowest BCUT2D eigenvalue weighted by Crippen LogP contribution is -2.15. The van der Waals surface area contributed by atoms with Crippen LogP contribution in [0.5, 0.6) is 0 Å². The van der Waals surface area contributed by atoms with Gasteiger partial charge in [-0.2, -0.15) is 13.2 Å². The average molecular weight is 307 g/mol. The van der Waals surface area contributed by atoms with E-state index in [1.807, 2.05) is 31.2 Å². The number of hydrogen-bond acceptors (Lipinski definition) is 1. The van der Waals surface area contributed by atoms with Crippen LogP contribution in [0.4, 0.5) is 18.9 Å². The molecule has 0 aromatic heterocycles. The van der Waals surface area contributed by atoms with Gasteiger partial charge in [-0.05, 0) is 35.7 Å². The summed E-state index contributed by atoms with van der Waals surface area (Å²) in [7, 11) is 0. The predicted molar refractivity (Wildman–Crippen MR) is 79.6 cm³/mol. The van der Waals surface area contributed by atoms with E-state index in [0.29, 0.717) is 5.56 Å². The molecule has 2 aromatic rings. The van der Waals surface area contributed by atoms with Gasteiger partial charge in [0.05, 0.1) is 12.0 Å². The first kappa shape index (κ1) is 16.1. The Hall–Kier alpha value is -2.30. The Morgan fingerprint density at radius 3 is 2.27 bits per heavy atom. The minimum absolute atomic E-state index is 0.0379. The van der Waals surface area contributed by atoms with Gasteiger partial charge in [-0.1, -0.05) is 37.3 Å². The van der Waals surface area contributed by atoms with E-state index in [2.05, 4.69) is 5.32 Å². The lowest BCUT2D eigenvalue weighted by Gasteiger charge is -2.10. The number of anilines is 1. The number of benzene rings is 2. The second-order valence-corrected chi connectivity index (χ2v) is 4.93. The average Bonchev–Trinajstić information content (AvgIpc) is 2.47. The molecule has 0 heterocycles. The van der Waals surface area contributed by atoms with E-state index >= 15 is 0 Å². The van der Waals surface area contributed by atoms with Gasteiger partial charge in [0.15, 0.2) is 0 Å². The number of hydrogen-bond donors (Lipinski definition) is 1. The number of nitrogens with one attached hydrogen (secondary N) is 1. The van der Waals surface area contributed by atoms with Crippen LogP contribution in [0.25, 0.3) is 0 Å². The van der Waals surface area contributed by atoms with E-state index in [1.165, 1.54) is 12.1 Å². The Labute approximate surface area is 127 Å². The summed E-state index contributed by atoms with van der Waals surface area (Å²) in [5.74, 6) is -0.249. The Morgan fingerprint density at radius 1 is 1.05 bits per heavy atom. The van der Waals surface area contributed by atoms with Crippen molar-refractivity contribution in [2.75, 3.05) is 5.32 Å². The summed E-state index contributed by atoms with van der Waals surface area (Å²) in [4.78, 5) is 12.0. The smallest absolute Gasteiger partial charge is 0.326 e. The summed E-state index contributed by atoms with van der Waals surface area (Å²) in [5.41, 5.74) is 1.58. The Bertz CT molecular complexity index is 648. The maximum Gasteiger partial charge on any atom is 0.416 e. The van der Waals surface area contributed by atoms with Gasteiger partial charge in [0.2, 0.25) is 5.91 Å². The molecular weight excluding hydrogens is 291 g/mol. The van der Waals surface area contributed by atoms with Gasteiger partial charge in [0, 0.05) is 5.69 Å². The lowest BCUT2D eigenvalue weighted by molar-refractivity contribution is -0.137. The number of aryl methyl sites for hydroxylation is 1. The van der Waals surface area contributed by atoms with Gasteiger partial charge in [-0.3, -0.25) is 4.79 Å². The van der Waals surface area contributed by atoms with E-state index in [9.17, 15) is 18.0 Å². The third-order valence-corrected chi connectivity index (χ3v) is 3.32. The molecule has 0 saturated heterocycles. The molecule has 0 aliphatic carbocycles. The Balaban J connectivity index is 2.03. The van der Waals surface area contributed by atoms with Crippen LogP contribution in [0.15, 0.2) is 48.5 Å². The first-order valence-electron chi connectivity index (χ1n) is 6.94. The van der Waals surface area contributed by atoms with Gasteiger partial charge in [0.25, 0.3) is 0 Å². The molecule has 0 bridgehead atoms. The molecule has 0 atom stereocenters. The van der Waals surface area contributed by atoms with Crippen LogP contribution >= 0.6 is 0 Å². The van der Waals surface area contributed by atoms with Gasteiger partial charge in [0.1, 0.15) is 0 Å². The number of alkyl halides is 3. The highest BCUT2D eigenvalue weighted by Gasteiger charge is 2.29. The van der Waals surface area contributed by atoms with Crippen LogP contribution in [-0.4, -0.2) is 5.91 Å². The molecule has 0 unspecified atom stereocenters. The lowest BCUT2D eigenvalue weighted by atomic mass is 10.1. The first-order valence-corrected chi connectivity index (χ1v) is 6.94. The molecular formula is C17H16F3NO. The van der Waals surface area contributed by atoms with Crippen LogP contribution in [0.2, 0.25) is 0 Å². The van der Waals surface area contributed by atoms with Crippen molar-refractivity contribution in [3.8, 4) is 0 Å². The van der Waals surface area contributed by atoms with Crippen molar-refractivity contribution in [3.63, 3.8) is 0 Å². The van der Waals surface area contributed by atoms with E-state index in [-0.39, 0.29) is 12.3 Å². The molecule has 116 valence electrons. The largest absolute Gasteiger partial charge is 0.416 e. The third-order valence-electron chi connectivity index (χ3n) is 3.32. The van der Waals surface area contributed by atoms with Crippen LogP contribution < -0.4 is 5.32 Å². The fourth-order valence-electron chi connectivity index (χ4n) is 2.14. The highest BCUT2D eigenvalue weighted by Crippen LogP contribution is 2.29. The summed E-state index contributed by atoms with van der Waals surface area (Å²) >= 11 is 0. The molecule has 0 fully saturated rings. The number of carbonyl (C=O) groups is 1. The molecule has 2 aromatic carbocycles. The minimum Gasteiger partial charge on any atom is -0.326 e. The normalized spacial score (nSPS) is 11.3. The molecule has 2 nitrogen and oxygen atoms in total. The van der Waals surface area contributed by atoms with Crippen molar-refractivity contribution in [3.05, 3.63) is 65.2 Å². The molecule has 5 heteroatoms. The second-order valence-electron chi connectivity index (χ2n) is 4.93. The molecule has 0 radical (unpaired) electrons. The van der Waals surface area contributed by atoms with E-state index < -0.39 is 11.7 Å². The van der Waals surface area contributed by atoms with E-state index in [0.717, 1.165) is 29.8 Å². The zero-order valence-corrected chi connectivity index (χ0v) is 12.1. The Kier molecular flexibility index (Phi) is 4.85. The fraction of sp³-hybridized carbons (Fsp3) is 0.235. The van der Waals surface area contributed by atoms with Crippen molar-refractivity contribution in [2.24, 2.45) is 0 Å². The standard InChI is InChI=1S/C17H16F3NO/c1-2-13-5-3-4-6-15(13)21-16(22)11-12-7-9-14(10-8-12)17(18,19)20/h3-10H,2,11H2,1H3,(H,21,22). The van der Waals surface area contributed by atoms with Crippen LogP contribution in [0, 0.1) is 0 Å². The fourth-order valence-corrected chi connectivity index (χ4v) is 2.14. The molecule has 0 spiro atoms. The number of para-hydroxylation sites is 1. The molecule has 0 aliphatic rings. The van der Waals surface area contributed by atoms with E-state index in [4.69, 9.17) is 0 Å². The quantitative estimate of drug-likeness (QED) is 0.888. The van der Waals surface area contributed by atoms with Crippen molar-refractivity contribution in [1.29, 1.82) is 0 Å². The topological polar surface area (TPSA) is 29.1 Å². The van der Waals surface area contributed by atoms with Crippen molar-refractivity contribution >= 4 is 11.6 Å². The second kappa shape index (κ2) is 6.64. The number of halogens is 3. The minimum atomic E-state index is -4.36. The zero-order chi connectivity index (χ0) is 16.2. The molecule has 1 N–H and O–H groups in total. The first-order chi connectivity index (χ1) is 10.4. The maximum absolute atomic E-state index is 12.5.